The molecule has 0 saturated carbocycles. The fourth-order valence-corrected chi connectivity index (χ4v) is 2.90. The van der Waals surface area contributed by atoms with Crippen molar-refractivity contribution in [3.63, 3.8) is 0 Å². The van der Waals surface area contributed by atoms with Crippen molar-refractivity contribution in [1.29, 1.82) is 0 Å². The number of anilines is 1. The number of hydrogen-bond donors (Lipinski definition) is 1. The summed E-state index contributed by atoms with van der Waals surface area (Å²) in [7, 11) is -4.03. The summed E-state index contributed by atoms with van der Waals surface area (Å²) in [5, 5.41) is 0. The molecular formula is C15H14FNO4S. The quantitative estimate of drug-likeness (QED) is 0.859. The molecule has 1 N–H and O–H groups in total. The van der Waals surface area contributed by atoms with E-state index in [2.05, 4.69) is 4.72 Å². The van der Waals surface area contributed by atoms with Gasteiger partial charge < -0.3 is 4.74 Å². The topological polar surface area (TPSA) is 72.5 Å². The third-order valence-electron chi connectivity index (χ3n) is 2.77. The monoisotopic (exact) mass is 323 g/mol. The molecule has 0 spiro atoms. The number of sulfonamides is 1. The van der Waals surface area contributed by atoms with E-state index in [9.17, 15) is 17.6 Å². The summed E-state index contributed by atoms with van der Waals surface area (Å²) in [6.45, 7) is 1.94. The molecule has 0 aliphatic carbocycles. The Morgan fingerprint density at radius 3 is 2.36 bits per heavy atom. The van der Waals surface area contributed by atoms with E-state index < -0.39 is 26.7 Å². The molecular weight excluding hydrogens is 309 g/mol. The second kappa shape index (κ2) is 6.57. The zero-order chi connectivity index (χ0) is 16.2. The molecule has 7 heteroatoms. The van der Waals surface area contributed by atoms with Crippen LogP contribution in [0.2, 0.25) is 0 Å². The van der Waals surface area contributed by atoms with Crippen molar-refractivity contribution in [1.82, 2.24) is 0 Å². The maximum Gasteiger partial charge on any atom is 0.338 e. The van der Waals surface area contributed by atoms with Crippen LogP contribution >= 0.6 is 0 Å². The lowest BCUT2D eigenvalue weighted by Crippen LogP contribution is -2.14. The summed E-state index contributed by atoms with van der Waals surface area (Å²) >= 11 is 0. The second-order valence-electron chi connectivity index (χ2n) is 4.33. The predicted molar refractivity (Wildman–Crippen MR) is 79.6 cm³/mol. The first kappa shape index (κ1) is 16.0. The van der Waals surface area contributed by atoms with Crippen LogP contribution in [-0.2, 0) is 14.8 Å². The lowest BCUT2D eigenvalue weighted by atomic mass is 10.2. The third-order valence-corrected chi connectivity index (χ3v) is 4.19. The highest BCUT2D eigenvalue weighted by atomic mass is 32.2. The van der Waals surface area contributed by atoms with Gasteiger partial charge in [-0.15, -0.1) is 0 Å². The first-order chi connectivity index (χ1) is 10.4. The van der Waals surface area contributed by atoms with Crippen molar-refractivity contribution in [2.45, 2.75) is 11.8 Å². The minimum absolute atomic E-state index is 0.219. The normalized spacial score (nSPS) is 11.0. The van der Waals surface area contributed by atoms with Gasteiger partial charge in [0.1, 0.15) is 10.7 Å². The summed E-state index contributed by atoms with van der Waals surface area (Å²) in [6.07, 6.45) is 0. The zero-order valence-corrected chi connectivity index (χ0v) is 12.6. The first-order valence-corrected chi connectivity index (χ1v) is 7.97. The highest BCUT2D eigenvalue weighted by Crippen LogP contribution is 2.19. The highest BCUT2D eigenvalue weighted by molar-refractivity contribution is 7.92. The molecule has 0 radical (unpaired) electrons. The lowest BCUT2D eigenvalue weighted by Gasteiger charge is -2.09. The number of benzene rings is 2. The maximum absolute atomic E-state index is 13.6. The van der Waals surface area contributed by atoms with Crippen LogP contribution in [0.4, 0.5) is 10.1 Å². The van der Waals surface area contributed by atoms with Gasteiger partial charge in [-0.2, -0.15) is 0 Å². The number of carbonyl (C=O) groups is 1. The molecule has 0 heterocycles. The van der Waals surface area contributed by atoms with Crippen molar-refractivity contribution in [3.8, 4) is 0 Å². The first-order valence-electron chi connectivity index (χ1n) is 6.48. The third kappa shape index (κ3) is 3.62. The van der Waals surface area contributed by atoms with Gasteiger partial charge in [0.25, 0.3) is 10.0 Å². The molecule has 0 fully saturated rings. The number of nitrogens with one attached hydrogen (secondary N) is 1. The Balaban J connectivity index is 2.20. The van der Waals surface area contributed by atoms with Crippen LogP contribution in [0.5, 0.6) is 0 Å². The van der Waals surface area contributed by atoms with E-state index in [4.69, 9.17) is 4.74 Å². The minimum Gasteiger partial charge on any atom is -0.462 e. The van der Waals surface area contributed by atoms with Crippen molar-refractivity contribution in [3.05, 3.63) is 59.9 Å². The molecule has 116 valence electrons. The Bertz CT molecular complexity index is 772. The number of rotatable bonds is 5. The van der Waals surface area contributed by atoms with Crippen molar-refractivity contribution >= 4 is 21.7 Å². The summed E-state index contributed by atoms with van der Waals surface area (Å²) in [5.41, 5.74) is 0.520. The molecule has 0 atom stereocenters. The standard InChI is InChI=1S/C15H14FNO4S/c1-2-21-15(18)11-7-9-12(10-8-11)17-22(19,20)14-6-4-3-5-13(14)16/h3-10,17H,2H2,1H3. The number of esters is 1. The molecule has 0 aromatic heterocycles. The second-order valence-corrected chi connectivity index (χ2v) is 5.98. The van der Waals surface area contributed by atoms with Gasteiger partial charge in [0.15, 0.2) is 0 Å². The van der Waals surface area contributed by atoms with E-state index in [0.29, 0.717) is 5.56 Å². The van der Waals surface area contributed by atoms with Gasteiger partial charge >= 0.3 is 5.97 Å². The van der Waals surface area contributed by atoms with E-state index in [-0.39, 0.29) is 12.3 Å². The van der Waals surface area contributed by atoms with Crippen LogP contribution in [0.15, 0.2) is 53.4 Å². The smallest absolute Gasteiger partial charge is 0.338 e. The number of halogens is 1. The summed E-state index contributed by atoms with van der Waals surface area (Å²) in [4.78, 5) is 11.1. The van der Waals surface area contributed by atoms with Gasteiger partial charge in [0, 0.05) is 5.69 Å². The number of ether oxygens (including phenoxy) is 1. The van der Waals surface area contributed by atoms with Gasteiger partial charge in [-0.25, -0.2) is 17.6 Å². The van der Waals surface area contributed by atoms with Crippen LogP contribution in [0.25, 0.3) is 0 Å². The summed E-state index contributed by atoms with van der Waals surface area (Å²) in [6, 6.07) is 10.7. The maximum atomic E-state index is 13.6. The van der Waals surface area contributed by atoms with Crippen LogP contribution in [0.3, 0.4) is 0 Å². The molecule has 0 unspecified atom stereocenters. The average molecular weight is 323 g/mol. The fraction of sp³-hybridized carbons (Fsp3) is 0.133. The zero-order valence-electron chi connectivity index (χ0n) is 11.7. The Hall–Kier alpha value is -2.41. The molecule has 2 rings (SSSR count). The predicted octanol–water partition coefficient (Wildman–Crippen LogP) is 2.80. The van der Waals surface area contributed by atoms with Crippen LogP contribution in [0, 0.1) is 5.82 Å². The van der Waals surface area contributed by atoms with Gasteiger partial charge in [-0.05, 0) is 43.3 Å². The van der Waals surface area contributed by atoms with Crippen LogP contribution in [0.1, 0.15) is 17.3 Å². The SMILES string of the molecule is CCOC(=O)c1ccc(NS(=O)(=O)c2ccccc2F)cc1. The molecule has 0 saturated heterocycles. The molecule has 0 aliphatic rings. The molecule has 2 aromatic carbocycles. The van der Waals surface area contributed by atoms with E-state index in [1.165, 1.54) is 42.5 Å². The van der Waals surface area contributed by atoms with Gasteiger partial charge in [0.2, 0.25) is 0 Å². The van der Waals surface area contributed by atoms with Crippen molar-refractivity contribution in [2.75, 3.05) is 11.3 Å². The van der Waals surface area contributed by atoms with Gasteiger partial charge in [-0.3, -0.25) is 4.72 Å². The largest absolute Gasteiger partial charge is 0.462 e. The minimum atomic E-state index is -4.03. The molecule has 0 aliphatic heterocycles. The average Bonchev–Trinajstić information content (AvgIpc) is 2.48. The van der Waals surface area contributed by atoms with Crippen LogP contribution < -0.4 is 4.72 Å². The molecule has 22 heavy (non-hydrogen) atoms. The van der Waals surface area contributed by atoms with E-state index in [1.807, 2.05) is 0 Å². The lowest BCUT2D eigenvalue weighted by molar-refractivity contribution is 0.0526. The molecule has 0 bridgehead atoms. The fourth-order valence-electron chi connectivity index (χ4n) is 1.76. The van der Waals surface area contributed by atoms with Crippen LogP contribution in [-0.4, -0.2) is 21.0 Å². The summed E-state index contributed by atoms with van der Waals surface area (Å²) in [5.74, 6) is -1.33. The molecule has 5 nitrogen and oxygen atoms in total. The van der Waals surface area contributed by atoms with Gasteiger partial charge in [-0.1, -0.05) is 12.1 Å². The van der Waals surface area contributed by atoms with E-state index in [1.54, 1.807) is 6.92 Å². The molecule has 0 amide bonds. The Morgan fingerprint density at radius 2 is 1.77 bits per heavy atom. The Kier molecular flexibility index (Phi) is 4.77. The van der Waals surface area contributed by atoms with Crippen molar-refractivity contribution in [2.24, 2.45) is 0 Å². The number of carbonyl (C=O) groups excluding carboxylic acids is 1. The van der Waals surface area contributed by atoms with E-state index in [0.717, 1.165) is 6.07 Å². The Morgan fingerprint density at radius 1 is 1.14 bits per heavy atom. The molecule has 2 aromatic rings. The number of hydrogen-bond acceptors (Lipinski definition) is 4. The van der Waals surface area contributed by atoms with Crippen molar-refractivity contribution < 1.29 is 22.3 Å². The summed E-state index contributed by atoms with van der Waals surface area (Å²) < 4.78 is 44.8. The highest BCUT2D eigenvalue weighted by Gasteiger charge is 2.18. The van der Waals surface area contributed by atoms with E-state index >= 15 is 0 Å². The Labute approximate surface area is 127 Å². The van der Waals surface area contributed by atoms with Gasteiger partial charge in [0.05, 0.1) is 12.2 Å².